The summed E-state index contributed by atoms with van der Waals surface area (Å²) in [4.78, 5) is 14.3. The van der Waals surface area contributed by atoms with Crippen molar-refractivity contribution >= 4 is 6.03 Å². The topological polar surface area (TPSA) is 63.9 Å². The van der Waals surface area contributed by atoms with Crippen molar-refractivity contribution in [3.05, 3.63) is 47.9 Å². The fourth-order valence-electron chi connectivity index (χ4n) is 2.92. The molecule has 6 nitrogen and oxygen atoms in total. The zero-order chi connectivity index (χ0) is 17.5. The summed E-state index contributed by atoms with van der Waals surface area (Å²) in [5.74, 6) is 2.39. The van der Waals surface area contributed by atoms with Gasteiger partial charge in [0.2, 0.25) is 0 Å². The summed E-state index contributed by atoms with van der Waals surface area (Å²) in [7, 11) is 1.63. The maximum absolute atomic E-state index is 12.5. The van der Waals surface area contributed by atoms with Crippen molar-refractivity contribution < 1.29 is 18.7 Å². The highest BCUT2D eigenvalue weighted by Crippen LogP contribution is 2.33. The molecule has 1 N–H and O–H groups in total. The molecule has 134 valence electrons. The number of nitrogens with one attached hydrogen (secondary N) is 1. The average molecular weight is 344 g/mol. The highest BCUT2D eigenvalue weighted by atomic mass is 16.5. The van der Waals surface area contributed by atoms with Crippen molar-refractivity contribution in [3.63, 3.8) is 0 Å². The number of nitrogens with zero attached hydrogens (tertiary/aromatic N) is 1. The van der Waals surface area contributed by atoms with E-state index in [-0.39, 0.29) is 6.03 Å². The minimum Gasteiger partial charge on any atom is -0.493 e. The average Bonchev–Trinajstić information content (AvgIpc) is 3.12. The van der Waals surface area contributed by atoms with Crippen LogP contribution in [0.3, 0.4) is 0 Å². The van der Waals surface area contributed by atoms with Gasteiger partial charge in [-0.25, -0.2) is 4.79 Å². The molecule has 0 radical (unpaired) electrons. The zero-order valence-electron chi connectivity index (χ0n) is 14.5. The maximum atomic E-state index is 12.5. The highest BCUT2D eigenvalue weighted by molar-refractivity contribution is 5.74. The lowest BCUT2D eigenvalue weighted by Gasteiger charge is -2.27. The summed E-state index contributed by atoms with van der Waals surface area (Å²) in [6.45, 7) is 2.37. The van der Waals surface area contributed by atoms with Crippen molar-refractivity contribution in [1.82, 2.24) is 10.2 Å². The molecule has 0 aliphatic carbocycles. The first-order chi connectivity index (χ1) is 12.3. The summed E-state index contributed by atoms with van der Waals surface area (Å²) in [5.41, 5.74) is 0.963. The van der Waals surface area contributed by atoms with E-state index in [0.29, 0.717) is 32.0 Å². The van der Waals surface area contributed by atoms with E-state index in [9.17, 15) is 4.79 Å². The predicted molar refractivity (Wildman–Crippen MR) is 93.9 cm³/mol. The quantitative estimate of drug-likeness (QED) is 0.846. The van der Waals surface area contributed by atoms with Crippen LogP contribution in [0.2, 0.25) is 0 Å². The Hall–Kier alpha value is -2.63. The van der Waals surface area contributed by atoms with Gasteiger partial charge in [-0.2, -0.15) is 0 Å². The third-order valence-corrected chi connectivity index (χ3v) is 4.20. The summed E-state index contributed by atoms with van der Waals surface area (Å²) >= 11 is 0. The fourth-order valence-corrected chi connectivity index (χ4v) is 2.92. The van der Waals surface area contributed by atoms with E-state index in [1.807, 2.05) is 35.2 Å². The number of urea groups is 1. The Labute approximate surface area is 147 Å². The lowest BCUT2D eigenvalue weighted by molar-refractivity contribution is 0.179. The van der Waals surface area contributed by atoms with Crippen LogP contribution in [-0.4, -0.2) is 37.7 Å². The second kappa shape index (κ2) is 8.46. The van der Waals surface area contributed by atoms with Gasteiger partial charge in [0, 0.05) is 25.1 Å². The van der Waals surface area contributed by atoms with Gasteiger partial charge in [0.05, 0.1) is 26.5 Å². The molecule has 3 rings (SSSR count). The number of furan rings is 1. The Morgan fingerprint density at radius 2 is 2.24 bits per heavy atom. The summed E-state index contributed by atoms with van der Waals surface area (Å²) in [6, 6.07) is 9.55. The third kappa shape index (κ3) is 4.47. The van der Waals surface area contributed by atoms with Gasteiger partial charge in [-0.15, -0.1) is 0 Å². The molecular weight excluding hydrogens is 320 g/mol. The van der Waals surface area contributed by atoms with Crippen LogP contribution < -0.4 is 14.8 Å². The number of carbonyl (C=O) groups excluding carboxylic acids is 1. The smallest absolute Gasteiger partial charge is 0.317 e. The van der Waals surface area contributed by atoms with E-state index in [1.54, 1.807) is 13.4 Å². The highest BCUT2D eigenvalue weighted by Gasteiger charge is 2.20. The number of para-hydroxylation sites is 1. The Morgan fingerprint density at radius 3 is 3.04 bits per heavy atom. The van der Waals surface area contributed by atoms with Gasteiger partial charge in [-0.1, -0.05) is 12.1 Å². The van der Waals surface area contributed by atoms with Gasteiger partial charge in [0.15, 0.2) is 11.5 Å². The molecule has 1 aliphatic rings. The van der Waals surface area contributed by atoms with Crippen molar-refractivity contribution in [1.29, 1.82) is 0 Å². The second-order valence-corrected chi connectivity index (χ2v) is 5.99. The summed E-state index contributed by atoms with van der Waals surface area (Å²) in [6.07, 6.45) is 4.13. The number of hydrogen-bond acceptors (Lipinski definition) is 4. The minimum absolute atomic E-state index is 0.0462. The van der Waals surface area contributed by atoms with Crippen LogP contribution in [-0.2, 0) is 13.0 Å². The molecule has 6 heteroatoms. The van der Waals surface area contributed by atoms with E-state index < -0.39 is 0 Å². The van der Waals surface area contributed by atoms with Crippen molar-refractivity contribution in [2.75, 3.05) is 26.8 Å². The number of fused-ring (bicyclic) bond motifs is 1. The lowest BCUT2D eigenvalue weighted by atomic mass is 10.1. The first-order valence-corrected chi connectivity index (χ1v) is 8.62. The predicted octanol–water partition coefficient (Wildman–Crippen LogP) is 3.22. The van der Waals surface area contributed by atoms with Gasteiger partial charge >= 0.3 is 6.03 Å². The number of benzene rings is 1. The van der Waals surface area contributed by atoms with Gasteiger partial charge < -0.3 is 24.1 Å². The molecule has 0 unspecified atom stereocenters. The molecule has 0 fully saturated rings. The largest absolute Gasteiger partial charge is 0.493 e. The molecule has 0 saturated heterocycles. The van der Waals surface area contributed by atoms with Gasteiger partial charge in [-0.3, -0.25) is 0 Å². The molecule has 1 aliphatic heterocycles. The number of rotatable bonds is 5. The van der Waals surface area contributed by atoms with Crippen LogP contribution in [0.1, 0.15) is 24.2 Å². The van der Waals surface area contributed by atoms with Gasteiger partial charge in [0.1, 0.15) is 5.76 Å². The molecule has 1 aromatic carbocycles. The number of carbonyl (C=O) groups is 1. The Morgan fingerprint density at radius 1 is 1.32 bits per heavy atom. The number of ether oxygens (including phenoxy) is 2. The Balaban J connectivity index is 1.56. The third-order valence-electron chi connectivity index (χ3n) is 4.20. The standard InChI is InChI=1S/C19H24N2O4/c1-23-17-9-2-6-15-14-21(11-5-13-25-18(15)17)19(22)20-10-3-7-16-8-4-12-24-16/h2,4,6,8-9,12H,3,5,7,10-11,13-14H2,1H3,(H,20,22). The van der Waals surface area contributed by atoms with Crippen LogP contribution in [0.4, 0.5) is 4.79 Å². The fraction of sp³-hybridized carbons (Fsp3) is 0.421. The van der Waals surface area contributed by atoms with E-state index in [4.69, 9.17) is 13.9 Å². The summed E-state index contributed by atoms with van der Waals surface area (Å²) in [5, 5.41) is 3.00. The van der Waals surface area contributed by atoms with E-state index in [0.717, 1.165) is 36.3 Å². The van der Waals surface area contributed by atoms with E-state index in [2.05, 4.69) is 5.32 Å². The molecule has 2 aromatic rings. The van der Waals surface area contributed by atoms with Gasteiger partial charge in [0.25, 0.3) is 0 Å². The number of methoxy groups -OCH3 is 1. The molecule has 0 saturated carbocycles. The van der Waals surface area contributed by atoms with E-state index in [1.165, 1.54) is 0 Å². The van der Waals surface area contributed by atoms with Crippen LogP contribution in [0, 0.1) is 0 Å². The van der Waals surface area contributed by atoms with Crippen molar-refractivity contribution in [2.24, 2.45) is 0 Å². The molecule has 2 heterocycles. The van der Waals surface area contributed by atoms with Crippen LogP contribution in [0.15, 0.2) is 41.0 Å². The minimum atomic E-state index is -0.0462. The summed E-state index contributed by atoms with van der Waals surface area (Å²) < 4.78 is 16.5. The number of aryl methyl sites for hydroxylation is 1. The van der Waals surface area contributed by atoms with Gasteiger partial charge in [-0.05, 0) is 31.0 Å². The number of amides is 2. The molecule has 0 atom stereocenters. The molecule has 1 aromatic heterocycles. The normalized spacial score (nSPS) is 14.0. The number of hydrogen-bond donors (Lipinski definition) is 1. The first kappa shape index (κ1) is 17.2. The SMILES string of the molecule is COc1cccc2c1OCCCN(C(=O)NCCCc1ccco1)C2. The molecule has 0 spiro atoms. The van der Waals surface area contributed by atoms with Crippen LogP contribution in [0.25, 0.3) is 0 Å². The molecular formula is C19H24N2O4. The molecule has 2 amide bonds. The van der Waals surface area contributed by atoms with E-state index >= 15 is 0 Å². The first-order valence-electron chi connectivity index (χ1n) is 8.62. The molecule has 25 heavy (non-hydrogen) atoms. The molecule has 0 bridgehead atoms. The second-order valence-electron chi connectivity index (χ2n) is 5.99. The van der Waals surface area contributed by atoms with Crippen molar-refractivity contribution in [3.8, 4) is 11.5 Å². The Kier molecular flexibility index (Phi) is 5.82. The zero-order valence-corrected chi connectivity index (χ0v) is 14.5. The Bertz CT molecular complexity index is 685. The van der Waals surface area contributed by atoms with Crippen molar-refractivity contribution in [2.45, 2.75) is 25.8 Å². The van der Waals surface area contributed by atoms with Crippen LogP contribution in [0.5, 0.6) is 11.5 Å². The maximum Gasteiger partial charge on any atom is 0.317 e. The van der Waals surface area contributed by atoms with Crippen LogP contribution >= 0.6 is 0 Å². The monoisotopic (exact) mass is 344 g/mol. The lowest BCUT2D eigenvalue weighted by Crippen LogP contribution is -2.41.